The molecule has 0 saturated carbocycles. The van der Waals surface area contributed by atoms with Gasteiger partial charge in [0.1, 0.15) is 0 Å². The molecule has 0 spiro atoms. The Morgan fingerprint density at radius 2 is 2.00 bits per heavy atom. The van der Waals surface area contributed by atoms with Crippen LogP contribution in [0.2, 0.25) is 0 Å². The second-order valence-corrected chi connectivity index (χ2v) is 6.63. The molecule has 0 amide bonds. The molecule has 0 radical (unpaired) electrons. The third-order valence-electron chi connectivity index (χ3n) is 2.48. The number of rotatable bonds is 6. The molecule has 3 nitrogen and oxygen atoms in total. The van der Waals surface area contributed by atoms with Crippen molar-refractivity contribution >= 4 is 21.4 Å². The minimum absolute atomic E-state index is 0.0985. The Bertz CT molecular complexity index is 457. The first-order valence-electron chi connectivity index (χ1n) is 5.45. The molecular weight excluding hydrogens is 260 g/mol. The molecule has 1 aromatic rings. The summed E-state index contributed by atoms with van der Waals surface area (Å²) in [4.78, 5) is 0.379. The predicted octanol–water partition coefficient (Wildman–Crippen LogP) is 2.28. The van der Waals surface area contributed by atoms with E-state index in [0.29, 0.717) is 17.9 Å². The first-order valence-corrected chi connectivity index (χ1v) is 7.53. The molecule has 0 aliphatic carbocycles. The molecule has 1 rings (SSSR count). The van der Waals surface area contributed by atoms with E-state index in [-0.39, 0.29) is 11.1 Å². The van der Waals surface area contributed by atoms with Crippen LogP contribution < -0.4 is 0 Å². The zero-order valence-corrected chi connectivity index (χ0v) is 11.6. The first kappa shape index (κ1) is 14.5. The maximum Gasteiger partial charge on any atom is 0.178 e. The monoisotopic (exact) mass is 276 g/mol. The van der Waals surface area contributed by atoms with Crippen molar-refractivity contribution in [3.05, 3.63) is 29.8 Å². The second-order valence-electron chi connectivity index (χ2n) is 3.77. The lowest BCUT2D eigenvalue weighted by Crippen LogP contribution is -2.14. The zero-order chi connectivity index (χ0) is 12.9. The quantitative estimate of drug-likeness (QED) is 0.749. The van der Waals surface area contributed by atoms with Crippen molar-refractivity contribution in [3.8, 4) is 0 Å². The maximum absolute atomic E-state index is 11.9. The van der Waals surface area contributed by atoms with Gasteiger partial charge < -0.3 is 4.74 Å². The molecule has 0 aliphatic rings. The fourth-order valence-electron chi connectivity index (χ4n) is 1.61. The van der Waals surface area contributed by atoms with Gasteiger partial charge in [-0.3, -0.25) is 0 Å². The number of halogens is 1. The van der Waals surface area contributed by atoms with Gasteiger partial charge >= 0.3 is 0 Å². The normalized spacial score (nSPS) is 13.6. The zero-order valence-electron chi connectivity index (χ0n) is 10.0. The van der Waals surface area contributed by atoms with Gasteiger partial charge in [0.15, 0.2) is 9.84 Å². The Morgan fingerprint density at radius 1 is 1.35 bits per heavy atom. The number of hydrogen-bond donors (Lipinski definition) is 0. The predicted molar refractivity (Wildman–Crippen MR) is 69.4 cm³/mol. The number of alkyl halides is 1. The van der Waals surface area contributed by atoms with E-state index in [1.165, 1.54) is 0 Å². The first-order chi connectivity index (χ1) is 8.01. The third-order valence-corrected chi connectivity index (χ3v) is 4.59. The van der Waals surface area contributed by atoms with Crippen molar-refractivity contribution in [2.75, 3.05) is 19.5 Å². The fraction of sp³-hybridized carbons (Fsp3) is 0.500. The van der Waals surface area contributed by atoms with Gasteiger partial charge in [-0.05, 0) is 18.1 Å². The molecule has 1 aromatic carbocycles. The Kier molecular flexibility index (Phi) is 5.43. The summed E-state index contributed by atoms with van der Waals surface area (Å²) in [6, 6.07) is 6.98. The largest absolute Gasteiger partial charge is 0.383 e. The van der Waals surface area contributed by atoms with E-state index in [1.54, 1.807) is 32.2 Å². The summed E-state index contributed by atoms with van der Waals surface area (Å²) in [5, 5.41) is -0.215. The van der Waals surface area contributed by atoms with Crippen LogP contribution in [0.15, 0.2) is 29.2 Å². The van der Waals surface area contributed by atoms with Gasteiger partial charge in [-0.25, -0.2) is 8.42 Å². The number of benzene rings is 1. The highest BCUT2D eigenvalue weighted by Gasteiger charge is 2.17. The van der Waals surface area contributed by atoms with Gasteiger partial charge in [0, 0.05) is 7.11 Å². The van der Waals surface area contributed by atoms with Crippen LogP contribution in [0, 0.1) is 0 Å². The number of ether oxygens (including phenoxy) is 1. The minimum Gasteiger partial charge on any atom is -0.383 e. The van der Waals surface area contributed by atoms with E-state index >= 15 is 0 Å². The van der Waals surface area contributed by atoms with E-state index < -0.39 is 9.84 Å². The molecule has 0 heterocycles. The molecule has 0 bridgehead atoms. The topological polar surface area (TPSA) is 43.4 Å². The highest BCUT2D eigenvalue weighted by molar-refractivity contribution is 7.91. The Balaban J connectivity index is 3.01. The molecule has 0 aromatic heterocycles. The van der Waals surface area contributed by atoms with E-state index in [4.69, 9.17) is 16.3 Å². The van der Waals surface area contributed by atoms with Crippen LogP contribution in [-0.2, 0) is 21.0 Å². The molecule has 96 valence electrons. The van der Waals surface area contributed by atoms with E-state index in [2.05, 4.69) is 0 Å². The SMILES string of the molecule is CCS(=O)(=O)c1ccccc1CC(Cl)COC. The summed E-state index contributed by atoms with van der Waals surface area (Å²) in [6.45, 7) is 2.04. The molecule has 0 fully saturated rings. The average molecular weight is 277 g/mol. The minimum atomic E-state index is -3.19. The second kappa shape index (κ2) is 6.38. The van der Waals surface area contributed by atoms with Crippen molar-refractivity contribution in [1.82, 2.24) is 0 Å². The Morgan fingerprint density at radius 3 is 2.59 bits per heavy atom. The summed E-state index contributed by atoms with van der Waals surface area (Å²) in [6.07, 6.45) is 0.491. The van der Waals surface area contributed by atoms with E-state index in [1.807, 2.05) is 6.07 Å². The highest BCUT2D eigenvalue weighted by Crippen LogP contribution is 2.20. The summed E-state index contributed by atoms with van der Waals surface area (Å²) in [5.41, 5.74) is 0.756. The van der Waals surface area contributed by atoms with Crippen LogP contribution in [0.5, 0.6) is 0 Å². The number of methoxy groups -OCH3 is 1. The lowest BCUT2D eigenvalue weighted by Gasteiger charge is -2.12. The Hall–Kier alpha value is -0.580. The van der Waals surface area contributed by atoms with Crippen molar-refractivity contribution in [1.29, 1.82) is 0 Å². The van der Waals surface area contributed by atoms with Crippen LogP contribution in [0.3, 0.4) is 0 Å². The van der Waals surface area contributed by atoms with Gasteiger partial charge in [0.25, 0.3) is 0 Å². The lowest BCUT2D eigenvalue weighted by molar-refractivity contribution is 0.197. The van der Waals surface area contributed by atoms with E-state index in [0.717, 1.165) is 5.56 Å². The van der Waals surface area contributed by atoms with Gasteiger partial charge in [0.2, 0.25) is 0 Å². The van der Waals surface area contributed by atoms with Crippen molar-refractivity contribution in [2.45, 2.75) is 23.6 Å². The molecule has 1 unspecified atom stereocenters. The Labute approximate surface area is 108 Å². The van der Waals surface area contributed by atoms with Crippen molar-refractivity contribution < 1.29 is 13.2 Å². The van der Waals surface area contributed by atoms with Crippen molar-refractivity contribution in [2.24, 2.45) is 0 Å². The average Bonchev–Trinajstić information content (AvgIpc) is 2.30. The molecule has 0 N–H and O–H groups in total. The van der Waals surface area contributed by atoms with Crippen LogP contribution >= 0.6 is 11.6 Å². The smallest absolute Gasteiger partial charge is 0.178 e. The van der Waals surface area contributed by atoms with Crippen molar-refractivity contribution in [3.63, 3.8) is 0 Å². The molecule has 5 heteroatoms. The lowest BCUT2D eigenvalue weighted by atomic mass is 10.1. The molecule has 0 aliphatic heterocycles. The van der Waals surface area contributed by atoms with Crippen LogP contribution in [0.25, 0.3) is 0 Å². The molecule has 17 heavy (non-hydrogen) atoms. The van der Waals surface area contributed by atoms with Crippen LogP contribution in [0.1, 0.15) is 12.5 Å². The summed E-state index contributed by atoms with van der Waals surface area (Å²) >= 11 is 6.06. The van der Waals surface area contributed by atoms with Crippen LogP contribution in [-0.4, -0.2) is 33.3 Å². The summed E-state index contributed by atoms with van der Waals surface area (Å²) < 4.78 is 28.7. The molecule has 1 atom stereocenters. The summed E-state index contributed by atoms with van der Waals surface area (Å²) in [5.74, 6) is 0.0985. The molecular formula is C12H17ClO3S. The van der Waals surface area contributed by atoms with Gasteiger partial charge in [0.05, 0.1) is 22.6 Å². The fourth-order valence-corrected chi connectivity index (χ4v) is 3.05. The highest BCUT2D eigenvalue weighted by atomic mass is 35.5. The number of hydrogen-bond acceptors (Lipinski definition) is 3. The van der Waals surface area contributed by atoms with E-state index in [9.17, 15) is 8.42 Å². The third kappa shape index (κ3) is 3.98. The van der Waals surface area contributed by atoms with Gasteiger partial charge in [-0.1, -0.05) is 25.1 Å². The van der Waals surface area contributed by atoms with Crippen LogP contribution in [0.4, 0.5) is 0 Å². The molecule has 0 saturated heterocycles. The standard InChI is InChI=1S/C12H17ClO3S/c1-3-17(14,15)12-7-5-4-6-10(12)8-11(13)9-16-2/h4-7,11H,3,8-9H2,1-2H3. The van der Waals surface area contributed by atoms with Gasteiger partial charge in [-0.15, -0.1) is 11.6 Å². The number of sulfone groups is 1. The maximum atomic E-state index is 11.9. The summed E-state index contributed by atoms with van der Waals surface area (Å²) in [7, 11) is -1.62. The van der Waals surface area contributed by atoms with Gasteiger partial charge in [-0.2, -0.15) is 0 Å².